The van der Waals surface area contributed by atoms with Gasteiger partial charge >= 0.3 is 5.69 Å². The number of hydrogen-bond acceptors (Lipinski definition) is 5. The fraction of sp³-hybridized carbons (Fsp3) is 0.476. The SMILES string of the molecule is CN1CCN(Cc2cccc(-c3cnc4[nH]c(=O)n(CC5CC5)c4n3)c2)CC1. The third kappa shape index (κ3) is 3.59. The number of imidazole rings is 1. The van der Waals surface area contributed by atoms with Gasteiger partial charge in [0.25, 0.3) is 0 Å². The Morgan fingerprint density at radius 2 is 2.00 bits per heavy atom. The number of aromatic amines is 1. The average molecular weight is 378 g/mol. The van der Waals surface area contributed by atoms with Crippen LogP contribution in [0.3, 0.4) is 0 Å². The molecule has 1 N–H and O–H groups in total. The molecule has 5 rings (SSSR count). The molecule has 2 fully saturated rings. The predicted molar refractivity (Wildman–Crippen MR) is 109 cm³/mol. The van der Waals surface area contributed by atoms with Crippen molar-refractivity contribution in [2.45, 2.75) is 25.9 Å². The molecule has 0 unspecified atom stereocenters. The zero-order chi connectivity index (χ0) is 19.1. The topological polar surface area (TPSA) is 70.0 Å². The standard InChI is InChI=1S/C21H26N6O/c1-25-7-9-26(10-8-25)13-16-3-2-4-17(11-16)18-12-22-19-20(23-18)27(21(28)24-19)14-15-5-6-15/h2-4,11-12,15H,5-10,13-14H2,1H3,(H,22,24,28). The van der Waals surface area contributed by atoms with Gasteiger partial charge < -0.3 is 4.90 Å². The van der Waals surface area contributed by atoms with Crippen LogP contribution in [0, 0.1) is 5.92 Å². The number of fused-ring (bicyclic) bond motifs is 1. The third-order valence-corrected chi connectivity index (χ3v) is 5.84. The highest BCUT2D eigenvalue weighted by Gasteiger charge is 2.24. The lowest BCUT2D eigenvalue weighted by atomic mass is 10.1. The van der Waals surface area contributed by atoms with Gasteiger partial charge in [0.05, 0.1) is 11.9 Å². The van der Waals surface area contributed by atoms with Gasteiger partial charge in [0, 0.05) is 44.8 Å². The van der Waals surface area contributed by atoms with Gasteiger partial charge in [-0.15, -0.1) is 0 Å². The van der Waals surface area contributed by atoms with Crippen molar-refractivity contribution in [3.05, 3.63) is 46.5 Å². The molecule has 0 amide bonds. The van der Waals surface area contributed by atoms with Crippen LogP contribution in [0.25, 0.3) is 22.6 Å². The molecule has 1 saturated heterocycles. The van der Waals surface area contributed by atoms with E-state index >= 15 is 0 Å². The maximum atomic E-state index is 12.3. The highest BCUT2D eigenvalue weighted by Crippen LogP contribution is 2.31. The van der Waals surface area contributed by atoms with E-state index in [0.717, 1.165) is 50.5 Å². The number of H-pyrrole nitrogens is 1. The van der Waals surface area contributed by atoms with Crippen molar-refractivity contribution in [3.63, 3.8) is 0 Å². The molecule has 0 bridgehead atoms. The summed E-state index contributed by atoms with van der Waals surface area (Å²) in [5.74, 6) is 0.606. The summed E-state index contributed by atoms with van der Waals surface area (Å²) in [6.07, 6.45) is 4.15. The van der Waals surface area contributed by atoms with Crippen LogP contribution in [0.15, 0.2) is 35.3 Å². The Balaban J connectivity index is 1.42. The third-order valence-electron chi connectivity index (χ3n) is 5.84. The lowest BCUT2D eigenvalue weighted by Crippen LogP contribution is -2.43. The van der Waals surface area contributed by atoms with Gasteiger partial charge in [0.15, 0.2) is 11.3 Å². The van der Waals surface area contributed by atoms with Gasteiger partial charge in [-0.1, -0.05) is 18.2 Å². The lowest BCUT2D eigenvalue weighted by Gasteiger charge is -2.32. The molecule has 2 aliphatic rings. The first-order chi connectivity index (χ1) is 13.7. The zero-order valence-electron chi connectivity index (χ0n) is 16.3. The van der Waals surface area contributed by atoms with Gasteiger partial charge in [-0.05, 0) is 37.4 Å². The summed E-state index contributed by atoms with van der Waals surface area (Å²) < 4.78 is 1.75. The number of aromatic nitrogens is 4. The van der Waals surface area contributed by atoms with E-state index in [-0.39, 0.29) is 5.69 Å². The first-order valence-corrected chi connectivity index (χ1v) is 10.1. The summed E-state index contributed by atoms with van der Waals surface area (Å²) >= 11 is 0. The number of hydrogen-bond donors (Lipinski definition) is 1. The Labute approximate surface area is 164 Å². The van der Waals surface area contributed by atoms with Crippen molar-refractivity contribution < 1.29 is 0 Å². The molecule has 146 valence electrons. The quantitative estimate of drug-likeness (QED) is 0.735. The van der Waals surface area contributed by atoms with Crippen LogP contribution in [-0.2, 0) is 13.1 Å². The summed E-state index contributed by atoms with van der Waals surface area (Å²) in [6.45, 7) is 6.13. The van der Waals surface area contributed by atoms with Crippen LogP contribution >= 0.6 is 0 Å². The second kappa shape index (κ2) is 7.14. The fourth-order valence-corrected chi connectivity index (χ4v) is 3.88. The molecule has 7 nitrogen and oxygen atoms in total. The molecular formula is C21H26N6O. The average Bonchev–Trinajstić information content (AvgIpc) is 3.47. The van der Waals surface area contributed by atoms with Crippen LogP contribution in [0.5, 0.6) is 0 Å². The van der Waals surface area contributed by atoms with Crippen molar-refractivity contribution in [1.82, 2.24) is 29.3 Å². The molecule has 0 radical (unpaired) electrons. The summed E-state index contributed by atoms with van der Waals surface area (Å²) in [7, 11) is 2.18. The van der Waals surface area contributed by atoms with E-state index in [1.807, 2.05) is 0 Å². The molecular weight excluding hydrogens is 352 g/mol. The number of nitrogens with zero attached hydrogens (tertiary/aromatic N) is 5. The summed E-state index contributed by atoms with van der Waals surface area (Å²) in [4.78, 5) is 29.2. The van der Waals surface area contributed by atoms with E-state index in [2.05, 4.69) is 51.1 Å². The monoisotopic (exact) mass is 378 g/mol. The van der Waals surface area contributed by atoms with Crippen molar-refractivity contribution in [2.75, 3.05) is 33.2 Å². The van der Waals surface area contributed by atoms with E-state index in [4.69, 9.17) is 4.98 Å². The Kier molecular flexibility index (Phi) is 4.49. The Morgan fingerprint density at radius 3 is 2.79 bits per heavy atom. The number of benzene rings is 1. The van der Waals surface area contributed by atoms with Crippen LogP contribution < -0.4 is 5.69 Å². The van der Waals surface area contributed by atoms with E-state index in [1.54, 1.807) is 10.8 Å². The minimum absolute atomic E-state index is 0.108. The minimum atomic E-state index is -0.108. The van der Waals surface area contributed by atoms with Gasteiger partial charge in [-0.2, -0.15) is 0 Å². The Bertz CT molecular complexity index is 1040. The number of nitrogens with one attached hydrogen (secondary N) is 1. The number of rotatable bonds is 5. The largest absolute Gasteiger partial charge is 0.328 e. The van der Waals surface area contributed by atoms with Crippen LogP contribution in [-0.4, -0.2) is 62.5 Å². The van der Waals surface area contributed by atoms with Crippen LogP contribution in [0.1, 0.15) is 18.4 Å². The summed E-state index contributed by atoms with van der Waals surface area (Å²) in [6, 6.07) is 8.53. The molecule has 1 aliphatic carbocycles. The molecule has 1 aliphatic heterocycles. The summed E-state index contributed by atoms with van der Waals surface area (Å²) in [5, 5.41) is 0. The maximum Gasteiger partial charge on any atom is 0.328 e. The first-order valence-electron chi connectivity index (χ1n) is 10.1. The Hall–Kier alpha value is -2.51. The van der Waals surface area contributed by atoms with Crippen molar-refractivity contribution in [3.8, 4) is 11.3 Å². The highest BCUT2D eigenvalue weighted by atomic mass is 16.1. The number of likely N-dealkylation sites (N-methyl/N-ethyl adjacent to an activating group) is 1. The van der Waals surface area contributed by atoms with E-state index < -0.39 is 0 Å². The smallest absolute Gasteiger partial charge is 0.304 e. The van der Waals surface area contributed by atoms with Gasteiger partial charge in [-0.25, -0.2) is 14.8 Å². The van der Waals surface area contributed by atoms with E-state index in [1.165, 1.54) is 18.4 Å². The predicted octanol–water partition coefficient (Wildman–Crippen LogP) is 1.94. The maximum absolute atomic E-state index is 12.3. The number of piperazine rings is 1. The van der Waals surface area contributed by atoms with Crippen molar-refractivity contribution in [1.29, 1.82) is 0 Å². The second-order valence-electron chi connectivity index (χ2n) is 8.19. The van der Waals surface area contributed by atoms with Crippen LogP contribution in [0.2, 0.25) is 0 Å². The van der Waals surface area contributed by atoms with Gasteiger partial charge in [0.1, 0.15) is 0 Å². The first kappa shape index (κ1) is 17.6. The second-order valence-corrected chi connectivity index (χ2v) is 8.19. The molecule has 0 spiro atoms. The van der Waals surface area contributed by atoms with Gasteiger partial charge in [0.2, 0.25) is 0 Å². The summed E-state index contributed by atoms with van der Waals surface area (Å²) in [5.41, 5.74) is 4.28. The molecule has 1 saturated carbocycles. The molecule has 3 aromatic rings. The molecule has 1 aromatic carbocycles. The molecule has 7 heteroatoms. The van der Waals surface area contributed by atoms with Gasteiger partial charge in [-0.3, -0.25) is 14.5 Å². The van der Waals surface area contributed by atoms with E-state index in [0.29, 0.717) is 17.2 Å². The zero-order valence-corrected chi connectivity index (χ0v) is 16.3. The molecule has 3 heterocycles. The fourth-order valence-electron chi connectivity index (χ4n) is 3.88. The molecule has 2 aromatic heterocycles. The molecule has 28 heavy (non-hydrogen) atoms. The van der Waals surface area contributed by atoms with E-state index in [9.17, 15) is 4.79 Å². The normalized spacial score (nSPS) is 18.8. The highest BCUT2D eigenvalue weighted by molar-refractivity contribution is 5.71. The lowest BCUT2D eigenvalue weighted by molar-refractivity contribution is 0.148. The Morgan fingerprint density at radius 1 is 1.18 bits per heavy atom. The minimum Gasteiger partial charge on any atom is -0.304 e. The van der Waals surface area contributed by atoms with Crippen molar-refractivity contribution in [2.24, 2.45) is 5.92 Å². The van der Waals surface area contributed by atoms with Crippen LogP contribution in [0.4, 0.5) is 0 Å². The van der Waals surface area contributed by atoms with Crippen molar-refractivity contribution >= 4 is 11.3 Å². The molecule has 0 atom stereocenters.